The SMILES string of the molecule is COCCCN(C[C@@H]1CCCN2CCCC[C@H]12)C(=O)[C@H]1CC(=O)N(c2ccccc2)C1. The first-order valence-electron chi connectivity index (χ1n) is 12.0. The molecule has 3 fully saturated rings. The van der Waals surface area contributed by atoms with E-state index in [0.29, 0.717) is 38.1 Å². The molecule has 3 aliphatic rings. The molecule has 2 amide bonds. The molecule has 170 valence electrons. The zero-order chi connectivity index (χ0) is 21.6. The van der Waals surface area contributed by atoms with E-state index >= 15 is 0 Å². The average Bonchev–Trinajstić information content (AvgIpc) is 3.20. The molecular formula is C25H37N3O3. The molecule has 6 heteroatoms. The van der Waals surface area contributed by atoms with Gasteiger partial charge in [0, 0.05) is 51.5 Å². The maximum absolute atomic E-state index is 13.6. The number of ether oxygens (including phenoxy) is 1. The van der Waals surface area contributed by atoms with Crippen molar-refractivity contribution < 1.29 is 14.3 Å². The van der Waals surface area contributed by atoms with Crippen LogP contribution in [-0.2, 0) is 14.3 Å². The Morgan fingerprint density at radius 1 is 1.13 bits per heavy atom. The molecule has 0 saturated carbocycles. The molecule has 3 heterocycles. The van der Waals surface area contributed by atoms with Crippen LogP contribution in [0.25, 0.3) is 0 Å². The number of para-hydroxylation sites is 1. The van der Waals surface area contributed by atoms with Crippen molar-refractivity contribution in [3.8, 4) is 0 Å². The third kappa shape index (κ3) is 5.29. The van der Waals surface area contributed by atoms with Gasteiger partial charge in [-0.3, -0.25) is 9.59 Å². The number of piperidine rings is 2. The second-order valence-corrected chi connectivity index (χ2v) is 9.37. The lowest BCUT2D eigenvalue weighted by Crippen LogP contribution is -2.52. The van der Waals surface area contributed by atoms with Gasteiger partial charge in [0.1, 0.15) is 0 Å². The molecule has 0 spiro atoms. The van der Waals surface area contributed by atoms with Crippen LogP contribution in [-0.4, -0.2) is 74.1 Å². The number of amides is 2. The minimum atomic E-state index is -0.249. The zero-order valence-corrected chi connectivity index (χ0v) is 18.9. The Hall–Kier alpha value is -1.92. The van der Waals surface area contributed by atoms with Crippen LogP contribution in [0.3, 0.4) is 0 Å². The van der Waals surface area contributed by atoms with Gasteiger partial charge in [0.25, 0.3) is 0 Å². The van der Waals surface area contributed by atoms with E-state index in [-0.39, 0.29) is 17.7 Å². The third-order valence-electron chi connectivity index (χ3n) is 7.31. The summed E-state index contributed by atoms with van der Waals surface area (Å²) in [6.07, 6.45) is 7.45. The number of nitrogens with zero attached hydrogens (tertiary/aromatic N) is 3. The van der Waals surface area contributed by atoms with Crippen LogP contribution in [0.15, 0.2) is 30.3 Å². The summed E-state index contributed by atoms with van der Waals surface area (Å²) in [6.45, 7) is 5.10. The highest BCUT2D eigenvalue weighted by atomic mass is 16.5. The van der Waals surface area contributed by atoms with E-state index in [9.17, 15) is 9.59 Å². The van der Waals surface area contributed by atoms with E-state index in [4.69, 9.17) is 4.74 Å². The van der Waals surface area contributed by atoms with Gasteiger partial charge in [-0.2, -0.15) is 0 Å². The van der Waals surface area contributed by atoms with Crippen LogP contribution in [0.5, 0.6) is 0 Å². The fourth-order valence-electron chi connectivity index (χ4n) is 5.75. The van der Waals surface area contributed by atoms with Crippen LogP contribution in [0, 0.1) is 11.8 Å². The van der Waals surface area contributed by atoms with Gasteiger partial charge < -0.3 is 19.4 Å². The molecule has 0 unspecified atom stereocenters. The van der Waals surface area contributed by atoms with Crippen molar-refractivity contribution in [2.24, 2.45) is 11.8 Å². The molecule has 0 aromatic heterocycles. The number of rotatable bonds is 8. The van der Waals surface area contributed by atoms with Gasteiger partial charge in [-0.1, -0.05) is 24.6 Å². The van der Waals surface area contributed by atoms with Crippen LogP contribution in [0.2, 0.25) is 0 Å². The number of hydrogen-bond donors (Lipinski definition) is 0. The Labute approximate surface area is 186 Å². The molecule has 3 aliphatic heterocycles. The minimum Gasteiger partial charge on any atom is -0.385 e. The second-order valence-electron chi connectivity index (χ2n) is 9.37. The largest absolute Gasteiger partial charge is 0.385 e. The molecule has 0 bridgehead atoms. The summed E-state index contributed by atoms with van der Waals surface area (Å²) in [5.74, 6) is 0.498. The molecule has 0 N–H and O–H groups in total. The van der Waals surface area contributed by atoms with Crippen LogP contribution in [0.4, 0.5) is 5.69 Å². The van der Waals surface area contributed by atoms with E-state index < -0.39 is 0 Å². The molecular weight excluding hydrogens is 390 g/mol. The number of fused-ring (bicyclic) bond motifs is 1. The monoisotopic (exact) mass is 427 g/mol. The smallest absolute Gasteiger partial charge is 0.228 e. The molecule has 0 aliphatic carbocycles. The van der Waals surface area contributed by atoms with Gasteiger partial charge in [0.2, 0.25) is 11.8 Å². The van der Waals surface area contributed by atoms with Crippen molar-refractivity contribution in [3.05, 3.63) is 30.3 Å². The van der Waals surface area contributed by atoms with E-state index in [1.54, 1.807) is 12.0 Å². The molecule has 0 radical (unpaired) electrons. The van der Waals surface area contributed by atoms with Gasteiger partial charge in [-0.25, -0.2) is 0 Å². The standard InChI is InChI=1S/C25H37N3O3/c1-31-16-8-15-27(18-20-9-7-14-26-13-6-5-12-23(20)26)25(30)21-17-24(29)28(19-21)22-10-3-2-4-11-22/h2-4,10-11,20-21,23H,5-9,12-19H2,1H3/t20-,21-,23+/m0/s1. The van der Waals surface area contributed by atoms with Crippen LogP contribution in [0.1, 0.15) is 44.9 Å². The van der Waals surface area contributed by atoms with Gasteiger partial charge in [-0.15, -0.1) is 0 Å². The Kier molecular flexibility index (Phi) is 7.62. The first-order chi connectivity index (χ1) is 15.2. The first kappa shape index (κ1) is 22.3. The van der Waals surface area contributed by atoms with E-state index in [0.717, 1.165) is 18.7 Å². The topological polar surface area (TPSA) is 53.1 Å². The molecule has 4 rings (SSSR count). The number of benzene rings is 1. The lowest BCUT2D eigenvalue weighted by atomic mass is 9.83. The van der Waals surface area contributed by atoms with Crippen molar-refractivity contribution in [1.29, 1.82) is 0 Å². The molecule has 1 aromatic carbocycles. The van der Waals surface area contributed by atoms with Crippen molar-refractivity contribution >= 4 is 17.5 Å². The highest BCUT2D eigenvalue weighted by Crippen LogP contribution is 2.32. The van der Waals surface area contributed by atoms with Gasteiger partial charge in [0.05, 0.1) is 5.92 Å². The van der Waals surface area contributed by atoms with Crippen molar-refractivity contribution in [3.63, 3.8) is 0 Å². The van der Waals surface area contributed by atoms with E-state index in [2.05, 4.69) is 9.80 Å². The summed E-state index contributed by atoms with van der Waals surface area (Å²) >= 11 is 0. The highest BCUT2D eigenvalue weighted by molar-refractivity contribution is 6.00. The Morgan fingerprint density at radius 2 is 1.94 bits per heavy atom. The van der Waals surface area contributed by atoms with Crippen molar-refractivity contribution in [2.75, 3.05) is 51.3 Å². The summed E-state index contributed by atoms with van der Waals surface area (Å²) in [7, 11) is 1.71. The number of anilines is 1. The molecule has 31 heavy (non-hydrogen) atoms. The second kappa shape index (κ2) is 10.6. The van der Waals surface area contributed by atoms with Gasteiger partial charge in [0.15, 0.2) is 0 Å². The summed E-state index contributed by atoms with van der Waals surface area (Å²) in [5.41, 5.74) is 0.888. The molecule has 6 nitrogen and oxygen atoms in total. The number of carbonyl (C=O) groups excluding carboxylic acids is 2. The molecule has 3 saturated heterocycles. The first-order valence-corrected chi connectivity index (χ1v) is 12.0. The third-order valence-corrected chi connectivity index (χ3v) is 7.31. The fourth-order valence-corrected chi connectivity index (χ4v) is 5.75. The van der Waals surface area contributed by atoms with Gasteiger partial charge >= 0.3 is 0 Å². The number of methoxy groups -OCH3 is 1. The summed E-state index contributed by atoms with van der Waals surface area (Å²) in [4.78, 5) is 32.8. The van der Waals surface area contributed by atoms with Crippen molar-refractivity contribution in [2.45, 2.75) is 51.0 Å². The minimum absolute atomic E-state index is 0.0533. The van der Waals surface area contributed by atoms with Crippen LogP contribution >= 0.6 is 0 Å². The predicted molar refractivity (Wildman–Crippen MR) is 122 cm³/mol. The van der Waals surface area contributed by atoms with Crippen LogP contribution < -0.4 is 4.90 Å². The Morgan fingerprint density at radius 3 is 2.74 bits per heavy atom. The predicted octanol–water partition coefficient (Wildman–Crippen LogP) is 3.17. The fraction of sp³-hybridized carbons (Fsp3) is 0.680. The van der Waals surface area contributed by atoms with Gasteiger partial charge in [-0.05, 0) is 63.2 Å². The molecule has 3 atom stereocenters. The summed E-state index contributed by atoms with van der Waals surface area (Å²) in [5, 5.41) is 0. The summed E-state index contributed by atoms with van der Waals surface area (Å²) < 4.78 is 5.26. The maximum Gasteiger partial charge on any atom is 0.228 e. The molecule has 1 aromatic rings. The normalized spacial score (nSPS) is 26.7. The quantitative estimate of drug-likeness (QED) is 0.598. The lowest BCUT2D eigenvalue weighted by Gasteiger charge is -2.46. The highest BCUT2D eigenvalue weighted by Gasteiger charge is 2.39. The number of hydrogen-bond acceptors (Lipinski definition) is 4. The van der Waals surface area contributed by atoms with E-state index in [1.807, 2.05) is 30.3 Å². The number of carbonyl (C=O) groups is 2. The van der Waals surface area contributed by atoms with Crippen molar-refractivity contribution in [1.82, 2.24) is 9.80 Å². The zero-order valence-electron chi connectivity index (χ0n) is 18.9. The maximum atomic E-state index is 13.6. The summed E-state index contributed by atoms with van der Waals surface area (Å²) in [6, 6.07) is 10.3. The Balaban J connectivity index is 1.44. The van der Waals surface area contributed by atoms with E-state index in [1.165, 1.54) is 45.2 Å². The Bertz CT molecular complexity index is 739. The average molecular weight is 428 g/mol. The lowest BCUT2D eigenvalue weighted by molar-refractivity contribution is -0.137.